The van der Waals surface area contributed by atoms with Crippen LogP contribution in [0.2, 0.25) is 0 Å². The number of Topliss-reactive ketones (excluding diaryl/α,β-unsaturated/α-hetero) is 1. The van der Waals surface area contributed by atoms with Gasteiger partial charge in [0.25, 0.3) is 5.89 Å². The molecule has 34 heavy (non-hydrogen) atoms. The van der Waals surface area contributed by atoms with E-state index in [4.69, 9.17) is 10.3 Å². The van der Waals surface area contributed by atoms with Gasteiger partial charge in [-0.05, 0) is 24.3 Å². The maximum atomic E-state index is 12.3. The van der Waals surface area contributed by atoms with Gasteiger partial charge < -0.3 is 15.2 Å². The summed E-state index contributed by atoms with van der Waals surface area (Å²) < 4.78 is 42.2. The summed E-state index contributed by atoms with van der Waals surface area (Å²) in [6.07, 6.45) is -5.04. The molecular weight excluding hydrogens is 453 g/mol. The number of benzene rings is 1. The fourth-order valence-electron chi connectivity index (χ4n) is 2.90. The van der Waals surface area contributed by atoms with Crippen LogP contribution in [0.1, 0.15) is 23.3 Å². The number of hydrogen-bond donors (Lipinski definition) is 1. The molecule has 0 radical (unpaired) electrons. The highest BCUT2D eigenvalue weighted by molar-refractivity contribution is 5.94. The molecule has 1 aromatic carbocycles. The molecule has 0 bridgehead atoms. The minimum atomic E-state index is -4.41. The largest absolute Gasteiger partial charge is 0.389 e. The topological polar surface area (TPSA) is 137 Å². The fourth-order valence-corrected chi connectivity index (χ4v) is 2.90. The van der Waals surface area contributed by atoms with E-state index in [-0.39, 0.29) is 35.1 Å². The number of pyridine rings is 1. The SMILES string of the molecule is CN(c1ccccc1)c1nc(N)nc(-c2noc(-c3ccc(C(=O)CCC(F)(F)F)nc3)n2)n1. The predicted octanol–water partition coefficient (Wildman–Crippen LogP) is 3.86. The van der Waals surface area contributed by atoms with E-state index >= 15 is 0 Å². The summed E-state index contributed by atoms with van der Waals surface area (Å²) in [4.78, 5) is 34.3. The normalized spacial score (nSPS) is 11.4. The third-order valence-corrected chi connectivity index (χ3v) is 4.64. The molecule has 3 aromatic heterocycles. The van der Waals surface area contributed by atoms with E-state index in [9.17, 15) is 18.0 Å². The molecule has 0 atom stereocenters. The lowest BCUT2D eigenvalue weighted by Crippen LogP contribution is -2.15. The molecule has 0 aliphatic carbocycles. The molecule has 0 saturated heterocycles. The maximum absolute atomic E-state index is 12.3. The molecule has 10 nitrogen and oxygen atoms in total. The summed E-state index contributed by atoms with van der Waals surface area (Å²) in [7, 11) is 1.76. The molecule has 0 fully saturated rings. The summed E-state index contributed by atoms with van der Waals surface area (Å²) in [5, 5.41) is 3.86. The van der Waals surface area contributed by atoms with Gasteiger partial charge >= 0.3 is 6.18 Å². The van der Waals surface area contributed by atoms with Crippen molar-refractivity contribution < 1.29 is 22.5 Å². The van der Waals surface area contributed by atoms with E-state index < -0.39 is 24.8 Å². The first-order valence-corrected chi connectivity index (χ1v) is 9.90. The van der Waals surface area contributed by atoms with Gasteiger partial charge in [-0.15, -0.1) is 0 Å². The molecule has 2 N–H and O–H groups in total. The van der Waals surface area contributed by atoms with Gasteiger partial charge in [-0.1, -0.05) is 23.4 Å². The zero-order valence-electron chi connectivity index (χ0n) is 17.7. The first kappa shape index (κ1) is 22.8. The highest BCUT2D eigenvalue weighted by atomic mass is 19.4. The first-order valence-electron chi connectivity index (χ1n) is 9.90. The summed E-state index contributed by atoms with van der Waals surface area (Å²) in [6.45, 7) is 0. The van der Waals surface area contributed by atoms with Crippen molar-refractivity contribution in [1.29, 1.82) is 0 Å². The lowest BCUT2D eigenvalue weighted by atomic mass is 10.1. The second-order valence-electron chi connectivity index (χ2n) is 7.11. The van der Waals surface area contributed by atoms with Crippen LogP contribution in [0, 0.1) is 0 Å². The molecule has 4 aromatic rings. The highest BCUT2D eigenvalue weighted by Gasteiger charge is 2.28. The van der Waals surface area contributed by atoms with Crippen LogP contribution in [0.4, 0.5) is 30.8 Å². The van der Waals surface area contributed by atoms with Crippen molar-refractivity contribution in [1.82, 2.24) is 30.1 Å². The Hall–Kier alpha value is -4.42. The van der Waals surface area contributed by atoms with Gasteiger partial charge in [-0.3, -0.25) is 9.78 Å². The number of ketones is 1. The van der Waals surface area contributed by atoms with E-state index in [1.807, 2.05) is 30.3 Å². The van der Waals surface area contributed by atoms with Gasteiger partial charge in [0.2, 0.25) is 23.5 Å². The molecule has 0 aliphatic rings. The quantitative estimate of drug-likeness (QED) is 0.396. The molecule has 0 saturated carbocycles. The molecule has 0 amide bonds. The van der Waals surface area contributed by atoms with Crippen molar-refractivity contribution in [2.75, 3.05) is 17.7 Å². The van der Waals surface area contributed by atoms with Crippen LogP contribution < -0.4 is 10.6 Å². The number of hydrogen-bond acceptors (Lipinski definition) is 10. The third-order valence-electron chi connectivity index (χ3n) is 4.64. The second kappa shape index (κ2) is 9.21. The van der Waals surface area contributed by atoms with E-state index in [1.54, 1.807) is 11.9 Å². The number of nitrogen functional groups attached to an aromatic ring is 1. The minimum absolute atomic E-state index is 0.0390. The number of anilines is 3. The molecule has 0 unspecified atom stereocenters. The maximum Gasteiger partial charge on any atom is 0.389 e. The lowest BCUT2D eigenvalue weighted by molar-refractivity contribution is -0.133. The number of nitrogens with two attached hydrogens (primary N) is 1. The van der Waals surface area contributed by atoms with Crippen LogP contribution in [0.15, 0.2) is 53.2 Å². The monoisotopic (exact) mass is 470 g/mol. The molecular formula is C21H17F3N8O2. The van der Waals surface area contributed by atoms with E-state index in [1.165, 1.54) is 18.3 Å². The van der Waals surface area contributed by atoms with Gasteiger partial charge in [0, 0.05) is 25.4 Å². The average molecular weight is 470 g/mol. The lowest BCUT2D eigenvalue weighted by Gasteiger charge is -2.17. The van der Waals surface area contributed by atoms with Crippen LogP contribution in [-0.4, -0.2) is 49.1 Å². The van der Waals surface area contributed by atoms with Crippen LogP contribution in [0.5, 0.6) is 0 Å². The zero-order chi connectivity index (χ0) is 24.3. The first-order chi connectivity index (χ1) is 16.2. The van der Waals surface area contributed by atoms with Crippen molar-refractivity contribution in [3.05, 3.63) is 54.4 Å². The number of aromatic nitrogens is 6. The van der Waals surface area contributed by atoms with Gasteiger partial charge in [-0.25, -0.2) is 0 Å². The molecule has 4 rings (SSSR count). The average Bonchev–Trinajstić information content (AvgIpc) is 3.32. The Labute approximate surface area is 190 Å². The molecule has 3 heterocycles. The Bertz CT molecular complexity index is 1290. The van der Waals surface area contributed by atoms with Gasteiger partial charge in [0.1, 0.15) is 5.69 Å². The highest BCUT2D eigenvalue weighted by Crippen LogP contribution is 2.25. The van der Waals surface area contributed by atoms with Crippen LogP contribution in [-0.2, 0) is 0 Å². The van der Waals surface area contributed by atoms with Crippen molar-refractivity contribution in [3.63, 3.8) is 0 Å². The van der Waals surface area contributed by atoms with Crippen molar-refractivity contribution in [2.45, 2.75) is 19.0 Å². The number of alkyl halides is 3. The summed E-state index contributed by atoms with van der Waals surface area (Å²) >= 11 is 0. The van der Waals surface area contributed by atoms with Crippen molar-refractivity contribution >= 4 is 23.4 Å². The molecule has 174 valence electrons. The summed E-state index contributed by atoms with van der Waals surface area (Å²) in [5.41, 5.74) is 6.93. The molecule has 0 spiro atoms. The van der Waals surface area contributed by atoms with Crippen LogP contribution in [0.3, 0.4) is 0 Å². The van der Waals surface area contributed by atoms with E-state index in [2.05, 4.69) is 30.1 Å². The number of nitrogens with zero attached hydrogens (tertiary/aromatic N) is 7. The minimum Gasteiger partial charge on any atom is -0.368 e. The number of para-hydroxylation sites is 1. The van der Waals surface area contributed by atoms with Gasteiger partial charge in [0.15, 0.2) is 5.78 Å². The standard InChI is InChI=1S/C21H17F3N8O2/c1-32(13-5-3-2-4-6-13)20-29-16(28-19(25)30-20)17-27-18(34-31-17)12-7-8-14(26-11-12)15(33)9-10-21(22,23)24/h2-8,11H,9-10H2,1H3,(H2,25,28,29,30). The molecule has 0 aliphatic heterocycles. The molecule has 13 heteroatoms. The van der Waals surface area contributed by atoms with Crippen molar-refractivity contribution in [2.24, 2.45) is 0 Å². The third kappa shape index (κ3) is 5.31. The number of carbonyl (C=O) groups is 1. The second-order valence-corrected chi connectivity index (χ2v) is 7.11. The van der Waals surface area contributed by atoms with Crippen molar-refractivity contribution in [3.8, 4) is 23.1 Å². The Morgan fingerprint density at radius 3 is 2.47 bits per heavy atom. The summed E-state index contributed by atoms with van der Waals surface area (Å²) in [6, 6.07) is 12.1. The Morgan fingerprint density at radius 2 is 1.79 bits per heavy atom. The van der Waals surface area contributed by atoms with Crippen LogP contribution in [0.25, 0.3) is 23.1 Å². The Morgan fingerprint density at radius 1 is 1.03 bits per heavy atom. The van der Waals surface area contributed by atoms with E-state index in [0.29, 0.717) is 5.56 Å². The van der Waals surface area contributed by atoms with Crippen LogP contribution >= 0.6 is 0 Å². The summed E-state index contributed by atoms with van der Waals surface area (Å²) in [5.74, 6) is -0.329. The zero-order valence-corrected chi connectivity index (χ0v) is 17.7. The Kier molecular flexibility index (Phi) is 6.17. The van der Waals surface area contributed by atoms with Gasteiger partial charge in [-0.2, -0.15) is 33.1 Å². The number of rotatable bonds is 7. The predicted molar refractivity (Wildman–Crippen MR) is 115 cm³/mol. The van der Waals surface area contributed by atoms with E-state index in [0.717, 1.165) is 5.69 Å². The smallest absolute Gasteiger partial charge is 0.368 e. The Balaban J connectivity index is 1.53. The fraction of sp³-hybridized carbons (Fsp3) is 0.190. The number of carbonyl (C=O) groups excluding carboxylic acids is 1. The van der Waals surface area contributed by atoms with Gasteiger partial charge in [0.05, 0.1) is 12.0 Å². The number of halogens is 3.